The summed E-state index contributed by atoms with van der Waals surface area (Å²) in [6, 6.07) is 6.67. The number of hydrogen-bond donors (Lipinski definition) is 2. The van der Waals surface area contributed by atoms with Crippen molar-refractivity contribution in [3.63, 3.8) is 0 Å². The van der Waals surface area contributed by atoms with E-state index in [0.717, 1.165) is 57.6 Å². The summed E-state index contributed by atoms with van der Waals surface area (Å²) in [6.07, 6.45) is 7.50. The van der Waals surface area contributed by atoms with Crippen molar-refractivity contribution in [2.45, 2.75) is 52.0 Å². The number of hydrogen-bond acceptors (Lipinski definition) is 5. The molecule has 32 heavy (non-hydrogen) atoms. The molecule has 0 bridgehead atoms. The van der Waals surface area contributed by atoms with Gasteiger partial charge in [-0.25, -0.2) is 4.98 Å². The number of piperidine rings is 1. The van der Waals surface area contributed by atoms with Crippen LogP contribution in [0.3, 0.4) is 0 Å². The molecule has 2 aliphatic rings. The second kappa shape index (κ2) is 13.3. The minimum atomic E-state index is 0.202. The van der Waals surface area contributed by atoms with Gasteiger partial charge in [0.15, 0.2) is 5.96 Å². The van der Waals surface area contributed by atoms with Crippen LogP contribution in [0.15, 0.2) is 29.4 Å². The van der Waals surface area contributed by atoms with Crippen LogP contribution in [0.4, 0.5) is 5.82 Å². The molecule has 0 aliphatic carbocycles. The van der Waals surface area contributed by atoms with Crippen LogP contribution in [0, 0.1) is 0 Å². The lowest BCUT2D eigenvalue weighted by molar-refractivity contribution is -0.131. The number of anilines is 1. The first kappa shape index (κ1) is 24.3. The summed E-state index contributed by atoms with van der Waals surface area (Å²) in [7, 11) is 0. The summed E-state index contributed by atoms with van der Waals surface area (Å²) >= 11 is 0. The Morgan fingerprint density at radius 2 is 1.97 bits per heavy atom. The molecule has 0 radical (unpaired) electrons. The molecule has 3 rings (SSSR count). The Kier molecular flexibility index (Phi) is 10.1. The van der Waals surface area contributed by atoms with E-state index in [1.54, 1.807) is 0 Å². The van der Waals surface area contributed by atoms with Crippen LogP contribution in [0.5, 0.6) is 0 Å². The first-order chi connectivity index (χ1) is 15.7. The second-order valence-electron chi connectivity index (χ2n) is 8.59. The summed E-state index contributed by atoms with van der Waals surface area (Å²) in [5.41, 5.74) is 0. The first-order valence-corrected chi connectivity index (χ1v) is 12.4. The number of nitrogens with zero attached hydrogens (tertiary/aromatic N) is 5. The summed E-state index contributed by atoms with van der Waals surface area (Å²) in [4.78, 5) is 28.6. The summed E-state index contributed by atoms with van der Waals surface area (Å²) in [5.74, 6) is 2.00. The van der Waals surface area contributed by atoms with Gasteiger partial charge in [0, 0.05) is 64.5 Å². The third-order valence-electron chi connectivity index (χ3n) is 6.46. The monoisotopic (exact) mass is 443 g/mol. The molecule has 1 aromatic heterocycles. The van der Waals surface area contributed by atoms with Crippen LogP contribution in [0.25, 0.3) is 0 Å². The van der Waals surface area contributed by atoms with Crippen molar-refractivity contribution in [1.29, 1.82) is 0 Å². The molecule has 2 aliphatic heterocycles. The molecule has 2 fully saturated rings. The number of amides is 1. The predicted molar refractivity (Wildman–Crippen MR) is 131 cm³/mol. The molecule has 0 saturated carbocycles. The van der Waals surface area contributed by atoms with E-state index in [2.05, 4.69) is 39.3 Å². The number of piperazine rings is 1. The van der Waals surface area contributed by atoms with Gasteiger partial charge in [0.05, 0.1) is 6.54 Å². The predicted octanol–water partition coefficient (Wildman–Crippen LogP) is 1.94. The maximum atomic E-state index is 12.7. The SMILES string of the molecule is CCNC(=NCCN1CCCCC1CC)NCCC(=O)N1CCN(c2ccccn2)CC1. The molecule has 2 saturated heterocycles. The third-order valence-corrected chi connectivity index (χ3v) is 6.46. The highest BCUT2D eigenvalue weighted by molar-refractivity contribution is 5.81. The fraction of sp³-hybridized carbons (Fsp3) is 0.708. The van der Waals surface area contributed by atoms with Gasteiger partial charge in [-0.15, -0.1) is 0 Å². The highest BCUT2D eigenvalue weighted by Gasteiger charge is 2.22. The Morgan fingerprint density at radius 3 is 2.69 bits per heavy atom. The summed E-state index contributed by atoms with van der Waals surface area (Å²) in [6.45, 7) is 11.9. The van der Waals surface area contributed by atoms with Crippen LogP contribution in [-0.4, -0.2) is 91.6 Å². The van der Waals surface area contributed by atoms with Crippen LogP contribution >= 0.6 is 0 Å². The Morgan fingerprint density at radius 1 is 1.12 bits per heavy atom. The third kappa shape index (κ3) is 7.36. The summed E-state index contributed by atoms with van der Waals surface area (Å²) < 4.78 is 0. The minimum Gasteiger partial charge on any atom is -0.357 e. The van der Waals surface area contributed by atoms with Crippen LogP contribution in [0.1, 0.15) is 46.0 Å². The number of carbonyl (C=O) groups is 1. The smallest absolute Gasteiger partial charge is 0.224 e. The van der Waals surface area contributed by atoms with E-state index in [1.807, 2.05) is 29.3 Å². The number of likely N-dealkylation sites (tertiary alicyclic amines) is 1. The Bertz CT molecular complexity index is 704. The Hall–Kier alpha value is -2.35. The fourth-order valence-corrected chi connectivity index (χ4v) is 4.62. The lowest BCUT2D eigenvalue weighted by atomic mass is 10.0. The standard InChI is InChI=1S/C24H41N7O/c1-3-21-9-6-8-15-29(21)16-14-28-24(25-4-2)27-13-11-23(32)31-19-17-30(18-20-31)22-10-5-7-12-26-22/h5,7,10,12,21H,3-4,6,8-9,11,13-20H2,1-2H3,(H2,25,27,28). The zero-order chi connectivity index (χ0) is 22.6. The number of aliphatic imine (C=N–C) groups is 1. The Balaban J connectivity index is 1.37. The molecule has 2 N–H and O–H groups in total. The molecule has 8 nitrogen and oxygen atoms in total. The van der Waals surface area contributed by atoms with E-state index >= 15 is 0 Å². The van der Waals surface area contributed by atoms with Gasteiger partial charge in [-0.2, -0.15) is 0 Å². The van der Waals surface area contributed by atoms with Gasteiger partial charge in [0.1, 0.15) is 5.82 Å². The van der Waals surface area contributed by atoms with Gasteiger partial charge >= 0.3 is 0 Å². The highest BCUT2D eigenvalue weighted by Crippen LogP contribution is 2.18. The maximum Gasteiger partial charge on any atom is 0.224 e. The highest BCUT2D eigenvalue weighted by atomic mass is 16.2. The van der Waals surface area contributed by atoms with Crippen molar-refractivity contribution in [3.8, 4) is 0 Å². The van der Waals surface area contributed by atoms with E-state index in [1.165, 1.54) is 32.2 Å². The zero-order valence-electron chi connectivity index (χ0n) is 19.9. The lowest BCUT2D eigenvalue weighted by Crippen LogP contribution is -2.49. The molecule has 1 unspecified atom stereocenters. The molecule has 178 valence electrons. The molecule has 0 spiro atoms. The van der Waals surface area contributed by atoms with Crippen LogP contribution < -0.4 is 15.5 Å². The van der Waals surface area contributed by atoms with Crippen molar-refractivity contribution in [1.82, 2.24) is 25.4 Å². The number of nitrogens with one attached hydrogen (secondary N) is 2. The van der Waals surface area contributed by atoms with Crippen molar-refractivity contribution in [2.75, 3.05) is 63.8 Å². The molecule has 1 atom stereocenters. The Labute approximate surface area is 193 Å². The summed E-state index contributed by atoms with van der Waals surface area (Å²) in [5, 5.41) is 6.65. The fourth-order valence-electron chi connectivity index (χ4n) is 4.62. The first-order valence-electron chi connectivity index (χ1n) is 12.4. The van der Waals surface area contributed by atoms with E-state index in [-0.39, 0.29) is 5.91 Å². The normalized spacial score (nSPS) is 20.3. The van der Waals surface area contributed by atoms with E-state index < -0.39 is 0 Å². The number of pyridine rings is 1. The topological polar surface area (TPSA) is 76.1 Å². The number of guanidine groups is 1. The molecule has 8 heteroatoms. The van der Waals surface area contributed by atoms with Crippen molar-refractivity contribution in [3.05, 3.63) is 24.4 Å². The van der Waals surface area contributed by atoms with Crippen LogP contribution in [-0.2, 0) is 4.79 Å². The maximum absolute atomic E-state index is 12.7. The van der Waals surface area contributed by atoms with Gasteiger partial charge in [-0.05, 0) is 44.9 Å². The number of aromatic nitrogens is 1. The molecule has 3 heterocycles. The molecule has 1 amide bonds. The molecule has 0 aromatic carbocycles. The molecule has 1 aromatic rings. The van der Waals surface area contributed by atoms with Gasteiger partial charge in [0.2, 0.25) is 5.91 Å². The second-order valence-corrected chi connectivity index (χ2v) is 8.59. The van der Waals surface area contributed by atoms with Crippen molar-refractivity contribution < 1.29 is 4.79 Å². The van der Waals surface area contributed by atoms with Gasteiger partial charge < -0.3 is 20.4 Å². The van der Waals surface area contributed by atoms with Crippen LogP contribution in [0.2, 0.25) is 0 Å². The molecular weight excluding hydrogens is 402 g/mol. The van der Waals surface area contributed by atoms with Crippen molar-refractivity contribution in [2.24, 2.45) is 4.99 Å². The van der Waals surface area contributed by atoms with Crippen molar-refractivity contribution >= 4 is 17.7 Å². The van der Waals surface area contributed by atoms with E-state index in [9.17, 15) is 4.79 Å². The molecular formula is C24H41N7O. The van der Waals surface area contributed by atoms with Gasteiger partial charge in [-0.1, -0.05) is 19.4 Å². The minimum absolute atomic E-state index is 0.202. The number of carbonyl (C=O) groups excluding carboxylic acids is 1. The van der Waals surface area contributed by atoms with Gasteiger partial charge in [-0.3, -0.25) is 14.7 Å². The number of rotatable bonds is 9. The largest absolute Gasteiger partial charge is 0.357 e. The van der Waals surface area contributed by atoms with Gasteiger partial charge in [0.25, 0.3) is 0 Å². The van der Waals surface area contributed by atoms with E-state index in [0.29, 0.717) is 19.0 Å². The zero-order valence-corrected chi connectivity index (χ0v) is 19.9. The quantitative estimate of drug-likeness (QED) is 0.449. The average molecular weight is 444 g/mol. The lowest BCUT2D eigenvalue weighted by Gasteiger charge is -2.35. The van der Waals surface area contributed by atoms with E-state index in [4.69, 9.17) is 4.99 Å². The average Bonchev–Trinajstić information content (AvgIpc) is 2.85.